The van der Waals surface area contributed by atoms with E-state index in [0.29, 0.717) is 13.1 Å². The molecule has 2 atom stereocenters. The summed E-state index contributed by atoms with van der Waals surface area (Å²) in [5, 5.41) is 3.25. The lowest BCUT2D eigenvalue weighted by Gasteiger charge is -2.44. The summed E-state index contributed by atoms with van der Waals surface area (Å²) in [5.74, 6) is -0.339. The summed E-state index contributed by atoms with van der Waals surface area (Å²) in [4.78, 5) is 1.58. The molecule has 1 aromatic carbocycles. The van der Waals surface area contributed by atoms with Crippen molar-refractivity contribution >= 4 is 0 Å². The van der Waals surface area contributed by atoms with Gasteiger partial charge in [-0.1, -0.05) is 12.1 Å². The Kier molecular flexibility index (Phi) is 3.48. The Bertz CT molecular complexity index is 507. The number of rotatable bonds is 2. The van der Waals surface area contributed by atoms with Gasteiger partial charge in [0, 0.05) is 25.2 Å². The molecule has 1 heterocycles. The van der Waals surface area contributed by atoms with Gasteiger partial charge in [0.05, 0.1) is 0 Å². The van der Waals surface area contributed by atoms with Crippen LogP contribution in [0.5, 0.6) is 0 Å². The molecule has 2 aliphatic rings. The van der Waals surface area contributed by atoms with E-state index in [9.17, 15) is 17.6 Å². The van der Waals surface area contributed by atoms with E-state index in [0.717, 1.165) is 5.56 Å². The minimum Gasteiger partial charge on any atom is -0.307 e. The molecule has 1 aromatic rings. The maximum Gasteiger partial charge on any atom is 0.406 e. The maximum atomic E-state index is 13.3. The van der Waals surface area contributed by atoms with Gasteiger partial charge in [-0.15, -0.1) is 0 Å². The van der Waals surface area contributed by atoms with Crippen LogP contribution in [0.3, 0.4) is 0 Å². The molecule has 1 aliphatic carbocycles. The molecule has 116 valence electrons. The Balaban J connectivity index is 1.81. The van der Waals surface area contributed by atoms with E-state index < -0.39 is 11.7 Å². The second kappa shape index (κ2) is 4.95. The number of halogens is 4. The van der Waals surface area contributed by atoms with Gasteiger partial charge < -0.3 is 5.32 Å². The molecule has 0 unspecified atom stereocenters. The summed E-state index contributed by atoms with van der Waals surface area (Å²) in [6, 6.07) is 5.60. The zero-order chi connectivity index (χ0) is 15.3. The summed E-state index contributed by atoms with van der Waals surface area (Å²) in [6.07, 6.45) is -3.83. The monoisotopic (exact) mass is 302 g/mol. The van der Waals surface area contributed by atoms with Crippen LogP contribution >= 0.6 is 0 Å². The van der Waals surface area contributed by atoms with Crippen molar-refractivity contribution in [2.75, 3.05) is 13.1 Å². The molecule has 1 aliphatic heterocycles. The van der Waals surface area contributed by atoms with Crippen molar-refractivity contribution in [1.29, 1.82) is 0 Å². The average Bonchev–Trinajstić information content (AvgIpc) is 3.21. The molecule has 0 aromatic heterocycles. The largest absolute Gasteiger partial charge is 0.406 e. The van der Waals surface area contributed by atoms with Crippen LogP contribution < -0.4 is 5.32 Å². The second-order valence-electron chi connectivity index (χ2n) is 6.04. The van der Waals surface area contributed by atoms with Crippen LogP contribution in [0.15, 0.2) is 24.3 Å². The molecule has 1 saturated heterocycles. The van der Waals surface area contributed by atoms with E-state index in [1.54, 1.807) is 17.0 Å². The van der Waals surface area contributed by atoms with E-state index >= 15 is 0 Å². The van der Waals surface area contributed by atoms with Crippen molar-refractivity contribution in [3.05, 3.63) is 35.6 Å². The number of hydrogen-bond donors (Lipinski definition) is 1. The summed E-state index contributed by atoms with van der Waals surface area (Å²) in [7, 11) is 0. The highest BCUT2D eigenvalue weighted by molar-refractivity contribution is 5.22. The first-order valence-electron chi connectivity index (χ1n) is 7.16. The third-order valence-corrected chi connectivity index (χ3v) is 4.64. The molecule has 3 rings (SSSR count). The minimum absolute atomic E-state index is 0.161. The highest BCUT2D eigenvalue weighted by atomic mass is 19.4. The molecule has 21 heavy (non-hydrogen) atoms. The quantitative estimate of drug-likeness (QED) is 0.844. The molecule has 1 N–H and O–H groups in total. The Hall–Kier alpha value is -1.14. The number of hydrogen-bond acceptors (Lipinski definition) is 2. The Labute approximate surface area is 121 Å². The maximum absolute atomic E-state index is 13.3. The molecule has 0 amide bonds. The summed E-state index contributed by atoms with van der Waals surface area (Å²) < 4.78 is 52.9. The molecule has 1 saturated carbocycles. The second-order valence-corrected chi connectivity index (χ2v) is 6.04. The molecular formula is C15H18F4N2. The lowest BCUT2D eigenvalue weighted by molar-refractivity contribution is -0.205. The molecule has 0 bridgehead atoms. The third-order valence-electron chi connectivity index (χ3n) is 4.64. The average molecular weight is 302 g/mol. The molecule has 6 heteroatoms. The molecule has 2 fully saturated rings. The van der Waals surface area contributed by atoms with Crippen molar-refractivity contribution in [3.8, 4) is 0 Å². The highest BCUT2D eigenvalue weighted by Crippen LogP contribution is 2.55. The first-order chi connectivity index (χ1) is 9.83. The van der Waals surface area contributed by atoms with Crippen LogP contribution in [0, 0.1) is 5.82 Å². The number of alkyl halides is 3. The van der Waals surface area contributed by atoms with Crippen molar-refractivity contribution in [2.45, 2.75) is 43.6 Å². The Morgan fingerprint density at radius 2 is 1.81 bits per heavy atom. The standard InChI is InChI=1S/C15H18F4N2/c1-10-8-20-13(11-2-4-12(16)5-3-11)9-21(10)14(6-7-14)15(17,18)19/h2-5,10,13,20H,6-9H2,1H3/t10-,13-/m1/s1. The lowest BCUT2D eigenvalue weighted by atomic mass is 9.99. The number of piperazine rings is 1. The van der Waals surface area contributed by atoms with Gasteiger partial charge in [-0.05, 0) is 37.5 Å². The van der Waals surface area contributed by atoms with Crippen LogP contribution in [0.1, 0.15) is 31.4 Å². The van der Waals surface area contributed by atoms with Crippen LogP contribution in [-0.2, 0) is 0 Å². The van der Waals surface area contributed by atoms with E-state index in [1.165, 1.54) is 12.1 Å². The summed E-state index contributed by atoms with van der Waals surface area (Å²) in [6.45, 7) is 2.62. The molecule has 2 nitrogen and oxygen atoms in total. The van der Waals surface area contributed by atoms with Crippen molar-refractivity contribution in [2.24, 2.45) is 0 Å². The highest BCUT2D eigenvalue weighted by Gasteiger charge is 2.67. The van der Waals surface area contributed by atoms with E-state index in [-0.39, 0.29) is 30.7 Å². The fourth-order valence-electron chi connectivity index (χ4n) is 3.23. The zero-order valence-electron chi connectivity index (χ0n) is 11.8. The van der Waals surface area contributed by atoms with Gasteiger partial charge >= 0.3 is 6.18 Å². The first kappa shape index (κ1) is 14.8. The fourth-order valence-corrected chi connectivity index (χ4v) is 3.23. The van der Waals surface area contributed by atoms with Crippen LogP contribution in [0.4, 0.5) is 17.6 Å². The number of benzene rings is 1. The van der Waals surface area contributed by atoms with Gasteiger partial charge in [0.25, 0.3) is 0 Å². The van der Waals surface area contributed by atoms with Gasteiger partial charge in [-0.3, -0.25) is 4.90 Å². The number of nitrogens with zero attached hydrogens (tertiary/aromatic N) is 1. The van der Waals surface area contributed by atoms with E-state index in [4.69, 9.17) is 0 Å². The lowest BCUT2D eigenvalue weighted by Crippen LogP contribution is -2.60. The first-order valence-corrected chi connectivity index (χ1v) is 7.16. The van der Waals surface area contributed by atoms with Crippen LogP contribution in [-0.4, -0.2) is 35.7 Å². The Morgan fingerprint density at radius 3 is 2.33 bits per heavy atom. The molecule has 0 spiro atoms. The Morgan fingerprint density at radius 1 is 1.19 bits per heavy atom. The summed E-state index contributed by atoms with van der Waals surface area (Å²) in [5.41, 5.74) is -0.821. The third kappa shape index (κ3) is 2.55. The zero-order valence-corrected chi connectivity index (χ0v) is 11.8. The fraction of sp³-hybridized carbons (Fsp3) is 0.600. The number of nitrogens with one attached hydrogen (secondary N) is 1. The van der Waals surface area contributed by atoms with Gasteiger partial charge in [0.15, 0.2) is 0 Å². The van der Waals surface area contributed by atoms with Crippen molar-refractivity contribution in [3.63, 3.8) is 0 Å². The van der Waals surface area contributed by atoms with Crippen LogP contribution in [0.25, 0.3) is 0 Å². The molecular weight excluding hydrogens is 284 g/mol. The van der Waals surface area contributed by atoms with Gasteiger partial charge in [0.1, 0.15) is 11.4 Å². The van der Waals surface area contributed by atoms with Gasteiger partial charge in [-0.25, -0.2) is 4.39 Å². The smallest absolute Gasteiger partial charge is 0.307 e. The van der Waals surface area contributed by atoms with Crippen LogP contribution in [0.2, 0.25) is 0 Å². The van der Waals surface area contributed by atoms with Gasteiger partial charge in [-0.2, -0.15) is 13.2 Å². The van der Waals surface area contributed by atoms with E-state index in [1.807, 2.05) is 6.92 Å². The molecule has 0 radical (unpaired) electrons. The van der Waals surface area contributed by atoms with Crippen molar-refractivity contribution < 1.29 is 17.6 Å². The predicted molar refractivity (Wildman–Crippen MR) is 71.3 cm³/mol. The van der Waals surface area contributed by atoms with Gasteiger partial charge in [0.2, 0.25) is 0 Å². The van der Waals surface area contributed by atoms with Crippen molar-refractivity contribution in [1.82, 2.24) is 10.2 Å². The minimum atomic E-state index is -4.19. The topological polar surface area (TPSA) is 15.3 Å². The van der Waals surface area contributed by atoms with E-state index in [2.05, 4.69) is 5.32 Å². The SMILES string of the molecule is C[C@@H]1CN[C@@H](c2ccc(F)cc2)CN1C1(C(F)(F)F)CC1. The summed E-state index contributed by atoms with van der Waals surface area (Å²) >= 11 is 0. The predicted octanol–water partition coefficient (Wildman–Crippen LogP) is 3.26. The normalized spacial score (nSPS) is 29.4.